The second-order valence-corrected chi connectivity index (χ2v) is 14.8. The molecule has 0 heterocycles. The van der Waals surface area contributed by atoms with Gasteiger partial charge in [0.2, 0.25) is 0 Å². The number of carboxylic acid groups (broad SMARTS) is 1. The molecule has 0 aliphatic carbocycles. The molecule has 0 saturated carbocycles. The Labute approximate surface area is 277 Å². The van der Waals surface area contributed by atoms with Crippen LogP contribution in [-0.2, 0) is 31.5 Å². The van der Waals surface area contributed by atoms with Gasteiger partial charge >= 0.3 is 106 Å². The van der Waals surface area contributed by atoms with Crippen molar-refractivity contribution in [1.82, 2.24) is 5.32 Å². The molecule has 2 rings (SSSR count). The first-order valence-electron chi connectivity index (χ1n) is 11.0. The molecule has 14 nitrogen and oxygen atoms in total. The predicted octanol–water partition coefficient (Wildman–Crippen LogP) is 2.13. The van der Waals surface area contributed by atoms with Crippen molar-refractivity contribution in [3.05, 3.63) is 52.2 Å². The van der Waals surface area contributed by atoms with E-state index in [4.69, 9.17) is 14.7 Å². The Bertz CT molecular complexity index is 1370. The summed E-state index contributed by atoms with van der Waals surface area (Å²) in [7, 11) is 0. The number of esters is 2. The zero-order valence-electron chi connectivity index (χ0n) is 21.5. The molecular formula is C23H24AsI3N2O12. The van der Waals surface area contributed by atoms with Crippen molar-refractivity contribution in [1.29, 1.82) is 0 Å². The molecule has 2 aromatic carbocycles. The molecule has 2 amide bonds. The van der Waals surface area contributed by atoms with Crippen molar-refractivity contribution in [2.24, 2.45) is 0 Å². The average Bonchev–Trinajstić information content (AvgIpc) is 2.85. The van der Waals surface area contributed by atoms with Gasteiger partial charge in [-0.1, -0.05) is 0 Å². The number of carbonyl (C=O) groups excluding carboxylic acids is 4. The first kappa shape index (κ1) is 37.2. The zero-order chi connectivity index (χ0) is 31.5. The summed E-state index contributed by atoms with van der Waals surface area (Å²) in [5, 5.41) is 22.6. The molecule has 0 aromatic heterocycles. The largest absolute Gasteiger partial charge is 0.478 e. The van der Waals surface area contributed by atoms with Gasteiger partial charge in [0, 0.05) is 24.6 Å². The van der Waals surface area contributed by atoms with E-state index < -0.39 is 44.1 Å². The fourth-order valence-corrected chi connectivity index (χ4v) is 8.61. The molecule has 0 bridgehead atoms. The third kappa shape index (κ3) is 12.5. The minimum atomic E-state index is -4.83. The van der Waals surface area contributed by atoms with Gasteiger partial charge < -0.3 is 19.9 Å². The summed E-state index contributed by atoms with van der Waals surface area (Å²) in [5.41, 5.74) is 0.638. The molecule has 0 aliphatic rings. The Balaban J connectivity index is 0.000000474. The standard InChI is InChI=1S/C15H14I3NO7.C8H10AsNO5/c1-6(20)25-5-8(26-7(2)21)4-19-14(22)11-9(16)3-10(17)12(13(11)18)15(23)24;1-6(11)10-8-4-2-3-7(5-8)9(12,13)15-14/h3,8H,4-5H2,1-2H3,(H,19,22)(H,23,24);2-5,14H,1H3,(H,10,11)(H,12,13). The maximum atomic E-state index is 12.5. The van der Waals surface area contributed by atoms with Crippen LogP contribution in [0.4, 0.5) is 5.69 Å². The predicted molar refractivity (Wildman–Crippen MR) is 169 cm³/mol. The summed E-state index contributed by atoms with van der Waals surface area (Å²) >= 11 is 0.846. The van der Waals surface area contributed by atoms with E-state index in [2.05, 4.69) is 14.5 Å². The summed E-state index contributed by atoms with van der Waals surface area (Å²) < 4.78 is 35.2. The van der Waals surface area contributed by atoms with E-state index in [-0.39, 0.29) is 34.5 Å². The van der Waals surface area contributed by atoms with Gasteiger partial charge in [-0.15, -0.1) is 0 Å². The quantitative estimate of drug-likeness (QED) is 0.0762. The molecule has 0 radical (unpaired) electrons. The zero-order valence-corrected chi connectivity index (χ0v) is 29.8. The fourth-order valence-electron chi connectivity index (χ4n) is 2.88. The normalized spacial score (nSPS) is 12.5. The third-order valence-electron chi connectivity index (χ3n) is 4.51. The number of carboxylic acids is 1. The number of nitrogens with one attached hydrogen (secondary N) is 2. The van der Waals surface area contributed by atoms with Gasteiger partial charge in [0.25, 0.3) is 5.91 Å². The van der Waals surface area contributed by atoms with Crippen LogP contribution in [0.5, 0.6) is 0 Å². The van der Waals surface area contributed by atoms with Crippen LogP contribution >= 0.6 is 67.8 Å². The fraction of sp³-hybridized carbons (Fsp3) is 0.261. The Morgan fingerprint density at radius 1 is 0.976 bits per heavy atom. The topological polar surface area (TPSA) is 215 Å². The van der Waals surface area contributed by atoms with Crippen molar-refractivity contribution in [2.75, 3.05) is 18.5 Å². The monoisotopic (exact) mass is 976 g/mol. The van der Waals surface area contributed by atoms with Crippen molar-refractivity contribution < 1.29 is 55.5 Å². The van der Waals surface area contributed by atoms with Gasteiger partial charge in [0.15, 0.2) is 6.10 Å². The van der Waals surface area contributed by atoms with Crippen LogP contribution in [0.3, 0.4) is 0 Å². The van der Waals surface area contributed by atoms with E-state index in [1.807, 2.05) is 67.8 Å². The second-order valence-electron chi connectivity index (χ2n) is 7.79. The van der Waals surface area contributed by atoms with Crippen LogP contribution in [0.2, 0.25) is 0 Å². The summed E-state index contributed by atoms with van der Waals surface area (Å²) in [5.74, 6) is -3.06. The minimum absolute atomic E-state index is 0.0399. The smallest absolute Gasteiger partial charge is 0.337 e. The van der Waals surface area contributed by atoms with Crippen LogP contribution < -0.4 is 15.0 Å². The van der Waals surface area contributed by atoms with Crippen molar-refractivity contribution in [3.8, 4) is 0 Å². The molecule has 2 atom stereocenters. The number of rotatable bonds is 10. The van der Waals surface area contributed by atoms with Crippen LogP contribution in [0.15, 0.2) is 30.3 Å². The SMILES string of the molecule is CC(=O)Nc1cccc([As](=O)(O)OO)c1.CC(=O)OCC(CNC(=O)c1c(I)cc(I)c(C(=O)O)c1I)OC(C)=O. The molecular weight excluding hydrogens is 952 g/mol. The van der Waals surface area contributed by atoms with E-state index in [0.29, 0.717) is 16.4 Å². The Morgan fingerprint density at radius 3 is 2.10 bits per heavy atom. The molecule has 41 heavy (non-hydrogen) atoms. The van der Waals surface area contributed by atoms with Crippen LogP contribution in [0, 0.1) is 10.7 Å². The third-order valence-corrected chi connectivity index (χ3v) is 9.71. The van der Waals surface area contributed by atoms with E-state index in [1.165, 1.54) is 39.0 Å². The van der Waals surface area contributed by atoms with E-state index >= 15 is 0 Å². The van der Waals surface area contributed by atoms with E-state index in [1.54, 1.807) is 12.1 Å². The maximum absolute atomic E-state index is 12.5. The maximum Gasteiger partial charge on any atom is 0.337 e. The van der Waals surface area contributed by atoms with Gasteiger partial charge in [0.05, 0.1) is 17.7 Å². The number of amides is 2. The molecule has 224 valence electrons. The van der Waals surface area contributed by atoms with Crippen LogP contribution in [0.1, 0.15) is 41.5 Å². The number of carbonyl (C=O) groups is 5. The molecule has 0 saturated heterocycles. The second kappa shape index (κ2) is 17.4. The first-order valence-corrected chi connectivity index (χ1v) is 17.6. The number of halogens is 3. The molecule has 0 fully saturated rings. The number of hydrogen-bond acceptors (Lipinski definition) is 10. The molecule has 2 aromatic rings. The van der Waals surface area contributed by atoms with E-state index in [9.17, 15) is 36.9 Å². The number of benzene rings is 2. The average molecular weight is 976 g/mol. The van der Waals surface area contributed by atoms with Gasteiger partial charge in [0.1, 0.15) is 6.61 Å². The summed E-state index contributed by atoms with van der Waals surface area (Å²) in [4.78, 5) is 56.7. The molecule has 0 aliphatic heterocycles. The number of aromatic carboxylic acids is 1. The molecule has 5 N–H and O–H groups in total. The van der Waals surface area contributed by atoms with Gasteiger partial charge in [-0.3, -0.25) is 14.4 Å². The Morgan fingerprint density at radius 2 is 1.59 bits per heavy atom. The van der Waals surface area contributed by atoms with Crippen molar-refractivity contribution in [3.63, 3.8) is 0 Å². The van der Waals surface area contributed by atoms with Gasteiger partial charge in [-0.05, 0) is 73.8 Å². The minimum Gasteiger partial charge on any atom is -0.478 e. The summed E-state index contributed by atoms with van der Waals surface area (Å²) in [6.07, 6.45) is -0.849. The van der Waals surface area contributed by atoms with Crippen molar-refractivity contribution >= 4 is 122 Å². The van der Waals surface area contributed by atoms with Gasteiger partial charge in [-0.25, -0.2) is 4.79 Å². The van der Waals surface area contributed by atoms with E-state index in [0.717, 1.165) is 0 Å². The van der Waals surface area contributed by atoms with Crippen LogP contribution in [-0.4, -0.2) is 77.6 Å². The Hall–Kier alpha value is -1.78. The summed E-state index contributed by atoms with van der Waals surface area (Å²) in [6, 6.07) is 7.24. The number of anilines is 1. The van der Waals surface area contributed by atoms with Gasteiger partial charge in [-0.2, -0.15) is 0 Å². The van der Waals surface area contributed by atoms with Crippen molar-refractivity contribution in [2.45, 2.75) is 26.9 Å². The number of hydrogen-bond donors (Lipinski definition) is 5. The summed E-state index contributed by atoms with van der Waals surface area (Å²) in [6.45, 7) is 3.45. The first-order chi connectivity index (χ1) is 19.0. The Kier molecular flexibility index (Phi) is 15.8. The molecule has 0 spiro atoms. The molecule has 18 heteroatoms. The molecule has 2 unspecified atom stereocenters. The van der Waals surface area contributed by atoms with Crippen LogP contribution in [0.25, 0.3) is 0 Å². The number of ether oxygens (including phenoxy) is 2.